The molecule has 0 amide bonds. The Balaban J connectivity index is 1.93. The van der Waals surface area contributed by atoms with Gasteiger partial charge in [-0.3, -0.25) is 4.98 Å². The van der Waals surface area contributed by atoms with Gasteiger partial charge >= 0.3 is 0 Å². The number of aromatic amines is 1. The summed E-state index contributed by atoms with van der Waals surface area (Å²) in [4.78, 5) is 7.17. The van der Waals surface area contributed by atoms with Gasteiger partial charge in [0.05, 0.1) is 34.5 Å². The van der Waals surface area contributed by atoms with E-state index in [1.807, 2.05) is 30.6 Å². The Morgan fingerprint density at radius 3 is 3.11 bits per heavy atom. The van der Waals surface area contributed by atoms with Gasteiger partial charge in [0.1, 0.15) is 4.21 Å². The Morgan fingerprint density at radius 2 is 2.33 bits per heavy atom. The van der Waals surface area contributed by atoms with Crippen LogP contribution in [0.3, 0.4) is 0 Å². The summed E-state index contributed by atoms with van der Waals surface area (Å²) in [6, 6.07) is 7.84. The Bertz CT molecular complexity index is 709. The number of nitrogens with one attached hydrogen (secondary N) is 2. The summed E-state index contributed by atoms with van der Waals surface area (Å²) in [5, 5.41) is 9.97. The van der Waals surface area contributed by atoms with Gasteiger partial charge in [-0.05, 0) is 30.1 Å². The molecule has 3 aromatic rings. The van der Waals surface area contributed by atoms with Crippen molar-refractivity contribution in [3.8, 4) is 6.07 Å². The van der Waals surface area contributed by atoms with E-state index in [0.717, 1.165) is 20.8 Å². The number of H-pyrrole nitrogens is 1. The van der Waals surface area contributed by atoms with Gasteiger partial charge < -0.3 is 9.71 Å². The zero-order valence-corrected chi connectivity index (χ0v) is 10.8. The molecule has 0 atom stereocenters. The van der Waals surface area contributed by atoms with Crippen molar-refractivity contribution in [2.45, 2.75) is 4.21 Å². The summed E-state index contributed by atoms with van der Waals surface area (Å²) < 4.78 is 4.37. The largest absolute Gasteiger partial charge is 0.359 e. The molecule has 0 spiro atoms. The molecule has 3 rings (SSSR count). The second-order valence-electron chi connectivity index (χ2n) is 3.56. The molecule has 6 heteroatoms. The molecule has 0 radical (unpaired) electrons. The van der Waals surface area contributed by atoms with Crippen LogP contribution in [0.2, 0.25) is 0 Å². The summed E-state index contributed by atoms with van der Waals surface area (Å²) in [5.41, 5.74) is 4.39. The van der Waals surface area contributed by atoms with Crippen LogP contribution < -0.4 is 4.72 Å². The van der Waals surface area contributed by atoms with Gasteiger partial charge in [-0.25, -0.2) is 0 Å². The summed E-state index contributed by atoms with van der Waals surface area (Å²) in [5.74, 6) is 0. The zero-order chi connectivity index (χ0) is 12.4. The van der Waals surface area contributed by atoms with Crippen molar-refractivity contribution in [2.24, 2.45) is 0 Å². The van der Waals surface area contributed by atoms with Gasteiger partial charge in [-0.15, -0.1) is 11.3 Å². The molecule has 0 aliphatic rings. The fourth-order valence-corrected chi connectivity index (χ4v) is 2.99. The minimum atomic E-state index is 0.680. The number of anilines is 1. The maximum atomic E-state index is 9.03. The molecule has 88 valence electrons. The van der Waals surface area contributed by atoms with E-state index in [-0.39, 0.29) is 0 Å². The van der Waals surface area contributed by atoms with Gasteiger partial charge in [0.15, 0.2) is 0 Å². The lowest BCUT2D eigenvalue weighted by Crippen LogP contribution is -1.88. The molecule has 0 aliphatic heterocycles. The van der Waals surface area contributed by atoms with Gasteiger partial charge in [0.2, 0.25) is 0 Å². The summed E-state index contributed by atoms with van der Waals surface area (Å²) in [7, 11) is 0. The Morgan fingerprint density at radius 1 is 1.39 bits per heavy atom. The fourth-order valence-electron chi connectivity index (χ4n) is 1.70. The monoisotopic (exact) mass is 272 g/mol. The Labute approximate surface area is 112 Å². The third-order valence-electron chi connectivity index (χ3n) is 2.51. The van der Waals surface area contributed by atoms with E-state index < -0.39 is 0 Å². The predicted molar refractivity (Wildman–Crippen MR) is 74.6 cm³/mol. The lowest BCUT2D eigenvalue weighted by Gasteiger charge is -2.05. The number of hydrogen-bond donors (Lipinski definition) is 2. The van der Waals surface area contributed by atoms with Crippen molar-refractivity contribution in [3.05, 3.63) is 41.7 Å². The Kier molecular flexibility index (Phi) is 2.92. The first kappa shape index (κ1) is 11.1. The molecule has 0 bridgehead atoms. The standard InChI is InChI=1S/C12H8N4S2/c13-5-8-1-2-10(12-9(8)3-4-15-12)16-18-11-6-14-7-17-11/h1-4,6-7,15-16H. The van der Waals surface area contributed by atoms with Crippen molar-refractivity contribution in [3.63, 3.8) is 0 Å². The summed E-state index contributed by atoms with van der Waals surface area (Å²) in [6.45, 7) is 0. The van der Waals surface area contributed by atoms with E-state index in [9.17, 15) is 0 Å². The number of fused-ring (bicyclic) bond motifs is 1. The van der Waals surface area contributed by atoms with Crippen molar-refractivity contribution in [2.75, 3.05) is 4.72 Å². The van der Waals surface area contributed by atoms with Crippen molar-refractivity contribution in [1.82, 2.24) is 9.97 Å². The van der Waals surface area contributed by atoms with Crippen LogP contribution in [0.5, 0.6) is 0 Å². The predicted octanol–water partition coefficient (Wildman–Crippen LogP) is 3.62. The number of benzene rings is 1. The number of aromatic nitrogens is 2. The van der Waals surface area contributed by atoms with E-state index in [1.165, 1.54) is 11.9 Å². The highest BCUT2D eigenvalue weighted by Gasteiger charge is 2.07. The van der Waals surface area contributed by atoms with Crippen LogP contribution >= 0.6 is 23.3 Å². The quantitative estimate of drug-likeness (QED) is 0.715. The minimum absolute atomic E-state index is 0.680. The third kappa shape index (κ3) is 1.94. The minimum Gasteiger partial charge on any atom is -0.359 e. The molecule has 4 nitrogen and oxygen atoms in total. The number of nitriles is 1. The van der Waals surface area contributed by atoms with Gasteiger partial charge in [-0.1, -0.05) is 0 Å². The van der Waals surface area contributed by atoms with E-state index in [2.05, 4.69) is 20.8 Å². The van der Waals surface area contributed by atoms with Crippen LogP contribution in [0.1, 0.15) is 5.56 Å². The number of rotatable bonds is 3. The molecule has 0 saturated heterocycles. The topological polar surface area (TPSA) is 64.5 Å². The highest BCUT2D eigenvalue weighted by molar-refractivity contribution is 8.02. The van der Waals surface area contributed by atoms with Gasteiger partial charge in [0.25, 0.3) is 0 Å². The molecule has 2 aromatic heterocycles. The maximum Gasteiger partial charge on any atom is 0.101 e. The van der Waals surface area contributed by atoms with Crippen LogP contribution in [0.4, 0.5) is 5.69 Å². The average molecular weight is 272 g/mol. The lowest BCUT2D eigenvalue weighted by molar-refractivity contribution is 1.38. The zero-order valence-electron chi connectivity index (χ0n) is 9.18. The molecular formula is C12H8N4S2. The van der Waals surface area contributed by atoms with E-state index in [0.29, 0.717) is 5.56 Å². The Hall–Kier alpha value is -1.97. The lowest BCUT2D eigenvalue weighted by atomic mass is 10.1. The first-order chi connectivity index (χ1) is 8.88. The first-order valence-corrected chi connectivity index (χ1v) is 6.89. The van der Waals surface area contributed by atoms with Crippen molar-refractivity contribution < 1.29 is 0 Å². The molecule has 18 heavy (non-hydrogen) atoms. The van der Waals surface area contributed by atoms with Crippen LogP contribution in [-0.4, -0.2) is 9.97 Å². The third-order valence-corrected chi connectivity index (χ3v) is 4.25. The molecule has 2 heterocycles. The summed E-state index contributed by atoms with van der Waals surface area (Å²) >= 11 is 3.10. The molecule has 0 saturated carbocycles. The van der Waals surface area contributed by atoms with Gasteiger partial charge in [0, 0.05) is 11.6 Å². The van der Waals surface area contributed by atoms with Crippen molar-refractivity contribution in [1.29, 1.82) is 5.26 Å². The highest BCUT2D eigenvalue weighted by atomic mass is 32.2. The smallest absolute Gasteiger partial charge is 0.101 e. The molecule has 0 unspecified atom stereocenters. The maximum absolute atomic E-state index is 9.03. The summed E-state index contributed by atoms with van der Waals surface area (Å²) in [6.07, 6.45) is 3.66. The second kappa shape index (κ2) is 4.72. The highest BCUT2D eigenvalue weighted by Crippen LogP contribution is 2.30. The van der Waals surface area contributed by atoms with Gasteiger partial charge in [-0.2, -0.15) is 5.26 Å². The second-order valence-corrected chi connectivity index (χ2v) is 5.56. The molecule has 0 fully saturated rings. The van der Waals surface area contributed by atoms with Crippen molar-refractivity contribution >= 4 is 39.9 Å². The molecule has 1 aromatic carbocycles. The SMILES string of the molecule is N#Cc1ccc(NSc2cncs2)c2[nH]ccc12. The van der Waals surface area contributed by atoms with E-state index >= 15 is 0 Å². The molecule has 0 aliphatic carbocycles. The first-order valence-electron chi connectivity index (χ1n) is 5.20. The number of hydrogen-bond acceptors (Lipinski definition) is 5. The average Bonchev–Trinajstić information content (AvgIpc) is 3.06. The number of nitrogens with zero attached hydrogens (tertiary/aromatic N) is 2. The normalized spacial score (nSPS) is 10.4. The van der Waals surface area contributed by atoms with E-state index in [4.69, 9.17) is 5.26 Å². The van der Waals surface area contributed by atoms with Crippen LogP contribution in [0, 0.1) is 11.3 Å². The fraction of sp³-hybridized carbons (Fsp3) is 0. The van der Waals surface area contributed by atoms with Crippen LogP contribution in [0.15, 0.2) is 40.3 Å². The van der Waals surface area contributed by atoms with Crippen LogP contribution in [0.25, 0.3) is 10.9 Å². The van der Waals surface area contributed by atoms with E-state index in [1.54, 1.807) is 16.8 Å². The molecular weight excluding hydrogens is 264 g/mol. The molecule has 2 N–H and O–H groups in total. The van der Waals surface area contributed by atoms with Crippen LogP contribution in [-0.2, 0) is 0 Å². The number of thiazole rings is 1.